The largest absolute Gasteiger partial charge is 0.374 e. The third kappa shape index (κ3) is 4.16. The summed E-state index contributed by atoms with van der Waals surface area (Å²) in [5.74, 6) is -1.04. The molecule has 18 heavy (non-hydrogen) atoms. The first-order valence-corrected chi connectivity index (χ1v) is 6.11. The van der Waals surface area contributed by atoms with Gasteiger partial charge in [0.05, 0.1) is 5.02 Å². The van der Waals surface area contributed by atoms with E-state index >= 15 is 0 Å². The van der Waals surface area contributed by atoms with Crippen LogP contribution in [0.3, 0.4) is 0 Å². The van der Waals surface area contributed by atoms with Crippen LogP contribution in [-0.4, -0.2) is 17.2 Å². The first kappa shape index (κ1) is 14.7. The Morgan fingerprint density at radius 2 is 2.28 bits per heavy atom. The van der Waals surface area contributed by atoms with E-state index in [0.717, 1.165) is 12.8 Å². The number of hydroxylamine groups is 1. The molecule has 0 radical (unpaired) electrons. The van der Waals surface area contributed by atoms with E-state index in [-0.39, 0.29) is 5.02 Å². The van der Waals surface area contributed by atoms with Crippen LogP contribution in [0.15, 0.2) is 18.2 Å². The summed E-state index contributed by atoms with van der Waals surface area (Å²) in [6.07, 6.45) is 2.33. The highest BCUT2D eigenvalue weighted by atomic mass is 35.5. The van der Waals surface area contributed by atoms with Gasteiger partial charge in [-0.1, -0.05) is 31.4 Å². The Morgan fingerprint density at radius 1 is 1.56 bits per heavy atom. The fourth-order valence-electron chi connectivity index (χ4n) is 1.54. The Kier molecular flexibility index (Phi) is 5.88. The smallest absolute Gasteiger partial charge is 0.265 e. The van der Waals surface area contributed by atoms with Crippen LogP contribution in [0.1, 0.15) is 26.2 Å². The van der Waals surface area contributed by atoms with E-state index in [1.165, 1.54) is 18.2 Å². The second-order valence-corrected chi connectivity index (χ2v) is 4.35. The van der Waals surface area contributed by atoms with Crippen molar-refractivity contribution in [2.24, 2.45) is 0 Å². The molecule has 1 amide bonds. The van der Waals surface area contributed by atoms with E-state index in [0.29, 0.717) is 12.1 Å². The molecule has 1 unspecified atom stereocenters. The molecule has 0 fully saturated rings. The maximum atomic E-state index is 13.0. The summed E-state index contributed by atoms with van der Waals surface area (Å²) in [7, 11) is 0. The van der Waals surface area contributed by atoms with Crippen LogP contribution < -0.4 is 10.8 Å². The van der Waals surface area contributed by atoms with Gasteiger partial charge in [0.2, 0.25) is 0 Å². The van der Waals surface area contributed by atoms with Gasteiger partial charge in [-0.05, 0) is 24.6 Å². The zero-order chi connectivity index (χ0) is 13.5. The zero-order valence-electron chi connectivity index (χ0n) is 10.0. The van der Waals surface area contributed by atoms with Crippen LogP contribution >= 0.6 is 11.6 Å². The first-order chi connectivity index (χ1) is 8.58. The van der Waals surface area contributed by atoms with Crippen molar-refractivity contribution >= 4 is 23.2 Å². The molecule has 100 valence electrons. The molecule has 3 N–H and O–H groups in total. The number of benzene rings is 1. The van der Waals surface area contributed by atoms with Crippen LogP contribution in [0.5, 0.6) is 0 Å². The van der Waals surface area contributed by atoms with E-state index in [1.807, 2.05) is 6.92 Å². The van der Waals surface area contributed by atoms with Crippen molar-refractivity contribution in [1.82, 2.24) is 5.48 Å². The lowest BCUT2D eigenvalue weighted by Crippen LogP contribution is -2.38. The normalized spacial score (nSPS) is 12.0. The highest BCUT2D eigenvalue weighted by Crippen LogP contribution is 2.20. The second kappa shape index (κ2) is 7.18. The van der Waals surface area contributed by atoms with Gasteiger partial charge in [0, 0.05) is 5.69 Å². The van der Waals surface area contributed by atoms with Gasteiger partial charge in [0.1, 0.15) is 11.9 Å². The van der Waals surface area contributed by atoms with Crippen LogP contribution in [0, 0.1) is 5.82 Å². The van der Waals surface area contributed by atoms with Crippen molar-refractivity contribution in [3.63, 3.8) is 0 Å². The van der Waals surface area contributed by atoms with Crippen molar-refractivity contribution in [3.05, 3.63) is 29.0 Å². The minimum absolute atomic E-state index is 0.0151. The van der Waals surface area contributed by atoms with Gasteiger partial charge in [0.25, 0.3) is 5.91 Å². The number of carbonyl (C=O) groups is 1. The average Bonchev–Trinajstić information content (AvgIpc) is 2.37. The van der Waals surface area contributed by atoms with E-state index < -0.39 is 17.8 Å². The number of nitrogens with one attached hydrogen (secondary N) is 2. The molecule has 0 aliphatic rings. The van der Waals surface area contributed by atoms with Crippen molar-refractivity contribution < 1.29 is 14.4 Å². The van der Waals surface area contributed by atoms with Gasteiger partial charge in [-0.2, -0.15) is 0 Å². The van der Waals surface area contributed by atoms with Gasteiger partial charge >= 0.3 is 0 Å². The van der Waals surface area contributed by atoms with Gasteiger partial charge in [-0.25, -0.2) is 9.87 Å². The van der Waals surface area contributed by atoms with Crippen molar-refractivity contribution in [1.29, 1.82) is 0 Å². The molecule has 6 heteroatoms. The summed E-state index contributed by atoms with van der Waals surface area (Å²) < 4.78 is 13.0. The predicted octanol–water partition coefficient (Wildman–Crippen LogP) is 2.96. The van der Waals surface area contributed by atoms with Gasteiger partial charge in [-0.3, -0.25) is 10.0 Å². The predicted molar refractivity (Wildman–Crippen MR) is 68.3 cm³/mol. The molecule has 0 saturated carbocycles. The molecule has 0 aliphatic heterocycles. The number of anilines is 1. The number of rotatable bonds is 6. The summed E-state index contributed by atoms with van der Waals surface area (Å²) in [6.45, 7) is 2.00. The molecule has 1 rings (SSSR count). The maximum Gasteiger partial charge on any atom is 0.265 e. The van der Waals surface area contributed by atoms with Crippen LogP contribution in [0.4, 0.5) is 10.1 Å². The molecule has 1 atom stereocenters. The molecule has 0 spiro atoms. The van der Waals surface area contributed by atoms with Gasteiger partial charge in [-0.15, -0.1) is 0 Å². The summed E-state index contributed by atoms with van der Waals surface area (Å²) in [4.78, 5) is 11.4. The summed E-state index contributed by atoms with van der Waals surface area (Å²) in [5.41, 5.74) is 2.15. The average molecular weight is 275 g/mol. The molecule has 4 nitrogen and oxygen atoms in total. The monoisotopic (exact) mass is 274 g/mol. The van der Waals surface area contributed by atoms with E-state index in [9.17, 15) is 9.18 Å². The minimum atomic E-state index is -0.573. The fraction of sp³-hybridized carbons (Fsp3) is 0.417. The highest BCUT2D eigenvalue weighted by molar-refractivity contribution is 6.31. The van der Waals surface area contributed by atoms with Gasteiger partial charge in [0.15, 0.2) is 0 Å². The fourth-order valence-corrected chi connectivity index (χ4v) is 1.72. The van der Waals surface area contributed by atoms with Crippen LogP contribution in [-0.2, 0) is 4.79 Å². The van der Waals surface area contributed by atoms with E-state index in [1.54, 1.807) is 5.48 Å². The number of halogens is 2. The Labute approximate surface area is 110 Å². The number of carbonyl (C=O) groups excluding carboxylic acids is 1. The molecule has 0 aliphatic carbocycles. The molecule has 1 aromatic rings. The zero-order valence-corrected chi connectivity index (χ0v) is 10.8. The Morgan fingerprint density at radius 3 is 2.83 bits per heavy atom. The third-order valence-electron chi connectivity index (χ3n) is 2.53. The second-order valence-electron chi connectivity index (χ2n) is 3.94. The van der Waals surface area contributed by atoms with Crippen molar-refractivity contribution in [3.8, 4) is 0 Å². The van der Waals surface area contributed by atoms with Crippen LogP contribution in [0.25, 0.3) is 0 Å². The molecule has 0 bridgehead atoms. The third-order valence-corrected chi connectivity index (χ3v) is 2.82. The highest BCUT2D eigenvalue weighted by Gasteiger charge is 2.17. The lowest BCUT2D eigenvalue weighted by Gasteiger charge is -2.17. The van der Waals surface area contributed by atoms with Gasteiger partial charge < -0.3 is 5.32 Å². The van der Waals surface area contributed by atoms with E-state index in [4.69, 9.17) is 16.8 Å². The SMILES string of the molecule is CCCCC(Nc1ccc(F)c(Cl)c1)C(=O)NO. The lowest BCUT2D eigenvalue weighted by molar-refractivity contribution is -0.130. The Hall–Kier alpha value is -1.33. The Balaban J connectivity index is 2.75. The molecule has 0 heterocycles. The number of hydrogen-bond acceptors (Lipinski definition) is 3. The topological polar surface area (TPSA) is 61.4 Å². The lowest BCUT2D eigenvalue weighted by atomic mass is 10.1. The number of amides is 1. The number of hydrogen-bond donors (Lipinski definition) is 3. The minimum Gasteiger partial charge on any atom is -0.374 e. The quantitative estimate of drug-likeness (QED) is 0.552. The first-order valence-electron chi connectivity index (χ1n) is 5.74. The molecular formula is C12H16ClFN2O2. The van der Waals surface area contributed by atoms with E-state index in [2.05, 4.69) is 5.32 Å². The standard InChI is InChI=1S/C12H16ClFN2O2/c1-2-3-4-11(12(17)16-18)15-8-5-6-10(14)9(13)7-8/h5-7,11,15,18H,2-4H2,1H3,(H,16,17). The summed E-state index contributed by atoms with van der Waals surface area (Å²) in [6, 6.07) is 3.54. The van der Waals surface area contributed by atoms with Crippen LogP contribution in [0.2, 0.25) is 5.02 Å². The summed E-state index contributed by atoms with van der Waals surface area (Å²) in [5, 5.41) is 11.5. The van der Waals surface area contributed by atoms with Crippen molar-refractivity contribution in [2.45, 2.75) is 32.2 Å². The molecular weight excluding hydrogens is 259 g/mol. The number of unbranched alkanes of at least 4 members (excludes halogenated alkanes) is 1. The Bertz CT molecular complexity index is 415. The van der Waals surface area contributed by atoms with Crippen molar-refractivity contribution in [2.75, 3.05) is 5.32 Å². The molecule has 1 aromatic carbocycles. The summed E-state index contributed by atoms with van der Waals surface area (Å²) >= 11 is 5.65. The molecule has 0 saturated heterocycles. The molecule has 0 aromatic heterocycles. The maximum absolute atomic E-state index is 13.0.